The molecule has 14 heavy (non-hydrogen) atoms. The van der Waals surface area contributed by atoms with E-state index in [1.165, 1.54) is 12.4 Å². The second-order valence-corrected chi connectivity index (χ2v) is 2.47. The van der Waals surface area contributed by atoms with Crippen LogP contribution in [0.15, 0.2) is 12.4 Å². The normalized spacial score (nSPS) is 10.5. The summed E-state index contributed by atoms with van der Waals surface area (Å²) in [5.74, 6) is -0.931. The van der Waals surface area contributed by atoms with Gasteiger partial charge in [0, 0.05) is 0 Å². The zero-order valence-electron chi connectivity index (χ0n) is 7.06. The summed E-state index contributed by atoms with van der Waals surface area (Å²) in [4.78, 5) is 10.2. The Labute approximate surface area is 77.9 Å². The van der Waals surface area contributed by atoms with Crippen LogP contribution in [0.1, 0.15) is 0 Å². The second kappa shape index (κ2) is 4.54. The molecule has 0 aromatic carbocycles. The average molecular weight is 206 g/mol. The Morgan fingerprint density at radius 3 is 3.00 bits per heavy atom. The predicted molar refractivity (Wildman–Crippen MR) is 41.4 cm³/mol. The Bertz CT molecular complexity index is 314. The molecule has 0 fully saturated rings. The molecular weight excluding hydrogens is 198 g/mol. The lowest BCUT2D eigenvalue weighted by Crippen LogP contribution is -2.09. The molecule has 0 aliphatic carbocycles. The summed E-state index contributed by atoms with van der Waals surface area (Å²) in [5.41, 5.74) is 0. The summed E-state index contributed by atoms with van der Waals surface area (Å²) in [6.07, 6.45) is -0.125. The van der Waals surface area contributed by atoms with Crippen molar-refractivity contribution in [1.29, 1.82) is 0 Å². The number of hydrogen-bond acceptors (Lipinski definition) is 3. The van der Waals surface area contributed by atoms with E-state index in [0.717, 1.165) is 4.68 Å². The van der Waals surface area contributed by atoms with Crippen LogP contribution in [0.4, 0.5) is 8.78 Å². The number of carboxylic acid groups (broad SMARTS) is 1. The number of aliphatic carboxylic acids is 1. The fraction of sp³-hybridized carbons (Fsp3) is 0.429. The van der Waals surface area contributed by atoms with Crippen LogP contribution < -0.4 is 4.74 Å². The van der Waals surface area contributed by atoms with Gasteiger partial charge in [0.1, 0.15) is 13.2 Å². The van der Waals surface area contributed by atoms with Crippen molar-refractivity contribution in [2.24, 2.45) is 0 Å². The number of rotatable bonds is 5. The van der Waals surface area contributed by atoms with Crippen LogP contribution in [0.2, 0.25) is 0 Å². The van der Waals surface area contributed by atoms with Crippen LogP contribution in [0, 0.1) is 0 Å². The third-order valence-corrected chi connectivity index (χ3v) is 1.28. The van der Waals surface area contributed by atoms with Crippen molar-refractivity contribution in [2.45, 2.75) is 13.0 Å². The van der Waals surface area contributed by atoms with Crippen molar-refractivity contribution in [3.63, 3.8) is 0 Å². The standard InChI is InChI=1S/C7H8F2N2O3/c8-6(9)4-14-5-1-10-11(2-5)3-7(12)13/h1-2,6H,3-4H2,(H,12,13). The van der Waals surface area contributed by atoms with Gasteiger partial charge in [-0.1, -0.05) is 0 Å². The smallest absolute Gasteiger partial charge is 0.325 e. The van der Waals surface area contributed by atoms with Crippen LogP contribution in [0.3, 0.4) is 0 Å². The first-order valence-electron chi connectivity index (χ1n) is 3.73. The number of carbonyl (C=O) groups is 1. The number of alkyl halides is 2. The maximum absolute atomic E-state index is 11.7. The first-order chi connectivity index (χ1) is 6.58. The van der Waals surface area contributed by atoms with Crippen LogP contribution in [-0.4, -0.2) is 33.9 Å². The number of nitrogens with zero attached hydrogens (tertiary/aromatic N) is 2. The summed E-state index contributed by atoms with van der Waals surface area (Å²) in [6, 6.07) is 0. The molecule has 0 unspecified atom stereocenters. The Morgan fingerprint density at radius 2 is 2.43 bits per heavy atom. The summed E-state index contributed by atoms with van der Waals surface area (Å²) >= 11 is 0. The SMILES string of the molecule is O=C(O)Cn1cc(OCC(F)F)cn1. The average Bonchev–Trinajstić information content (AvgIpc) is 2.47. The molecule has 1 heterocycles. The monoisotopic (exact) mass is 206 g/mol. The van der Waals surface area contributed by atoms with E-state index in [-0.39, 0.29) is 12.3 Å². The lowest BCUT2D eigenvalue weighted by molar-refractivity contribution is -0.137. The fourth-order valence-electron chi connectivity index (χ4n) is 0.803. The number of ether oxygens (including phenoxy) is 1. The highest BCUT2D eigenvalue weighted by molar-refractivity contribution is 5.66. The Morgan fingerprint density at radius 1 is 1.71 bits per heavy atom. The van der Waals surface area contributed by atoms with Crippen molar-refractivity contribution in [3.8, 4) is 5.75 Å². The summed E-state index contributed by atoms with van der Waals surface area (Å²) in [5, 5.41) is 12.0. The molecule has 0 saturated heterocycles. The molecule has 5 nitrogen and oxygen atoms in total. The molecule has 1 aromatic heterocycles. The molecule has 0 atom stereocenters. The van der Waals surface area contributed by atoms with Crippen LogP contribution in [0.25, 0.3) is 0 Å². The number of halogens is 2. The minimum atomic E-state index is -2.56. The van der Waals surface area contributed by atoms with E-state index >= 15 is 0 Å². The van der Waals surface area contributed by atoms with Gasteiger partial charge in [0.2, 0.25) is 0 Å². The molecule has 1 N–H and O–H groups in total. The molecule has 0 bridgehead atoms. The molecule has 0 aliphatic heterocycles. The summed E-state index contributed by atoms with van der Waals surface area (Å²) in [6.45, 7) is -1.04. The van der Waals surface area contributed by atoms with Gasteiger partial charge < -0.3 is 9.84 Å². The van der Waals surface area contributed by atoms with E-state index in [9.17, 15) is 13.6 Å². The fourth-order valence-corrected chi connectivity index (χ4v) is 0.803. The minimum Gasteiger partial charge on any atom is -0.484 e. The van der Waals surface area contributed by atoms with E-state index in [4.69, 9.17) is 5.11 Å². The highest BCUT2D eigenvalue weighted by atomic mass is 19.3. The van der Waals surface area contributed by atoms with E-state index in [1.54, 1.807) is 0 Å². The maximum atomic E-state index is 11.7. The zero-order chi connectivity index (χ0) is 10.6. The van der Waals surface area contributed by atoms with E-state index < -0.39 is 19.0 Å². The third kappa shape index (κ3) is 3.38. The molecular formula is C7H8F2N2O3. The highest BCUT2D eigenvalue weighted by Crippen LogP contribution is 2.09. The molecule has 1 rings (SSSR count). The van der Waals surface area contributed by atoms with Gasteiger partial charge in [0.15, 0.2) is 5.75 Å². The lowest BCUT2D eigenvalue weighted by atomic mass is 10.6. The molecule has 0 aliphatic rings. The van der Waals surface area contributed by atoms with Gasteiger partial charge in [-0.05, 0) is 0 Å². The van der Waals surface area contributed by atoms with Gasteiger partial charge in [0.05, 0.1) is 12.4 Å². The van der Waals surface area contributed by atoms with E-state index in [2.05, 4.69) is 9.84 Å². The highest BCUT2D eigenvalue weighted by Gasteiger charge is 2.06. The molecule has 78 valence electrons. The van der Waals surface area contributed by atoms with Crippen molar-refractivity contribution < 1.29 is 23.4 Å². The second-order valence-electron chi connectivity index (χ2n) is 2.47. The molecule has 1 aromatic rings. The minimum absolute atomic E-state index is 0.131. The summed E-state index contributed by atoms with van der Waals surface area (Å²) < 4.78 is 29.1. The van der Waals surface area contributed by atoms with Gasteiger partial charge in [0.25, 0.3) is 6.43 Å². The van der Waals surface area contributed by atoms with E-state index in [1.807, 2.05) is 0 Å². The molecule has 0 radical (unpaired) electrons. The van der Waals surface area contributed by atoms with Crippen LogP contribution in [0.5, 0.6) is 5.75 Å². The largest absolute Gasteiger partial charge is 0.484 e. The first-order valence-corrected chi connectivity index (χ1v) is 3.73. The number of aromatic nitrogens is 2. The molecule has 7 heteroatoms. The number of hydrogen-bond donors (Lipinski definition) is 1. The van der Waals surface area contributed by atoms with Gasteiger partial charge in [-0.25, -0.2) is 8.78 Å². The summed E-state index contributed by atoms with van der Waals surface area (Å²) in [7, 11) is 0. The van der Waals surface area contributed by atoms with E-state index in [0.29, 0.717) is 0 Å². The van der Waals surface area contributed by atoms with Gasteiger partial charge in [-0.15, -0.1) is 0 Å². The van der Waals surface area contributed by atoms with Crippen molar-refractivity contribution in [3.05, 3.63) is 12.4 Å². The zero-order valence-corrected chi connectivity index (χ0v) is 7.06. The number of carboxylic acids is 1. The van der Waals surface area contributed by atoms with Crippen LogP contribution in [-0.2, 0) is 11.3 Å². The predicted octanol–water partition coefficient (Wildman–Crippen LogP) is 0.612. The van der Waals surface area contributed by atoms with Crippen LogP contribution >= 0.6 is 0 Å². The molecule has 0 saturated carbocycles. The Kier molecular flexibility index (Phi) is 3.38. The van der Waals surface area contributed by atoms with Gasteiger partial charge in [-0.3, -0.25) is 9.48 Å². The Hall–Kier alpha value is -1.66. The lowest BCUT2D eigenvalue weighted by Gasteiger charge is -2.00. The first kappa shape index (κ1) is 10.4. The van der Waals surface area contributed by atoms with Crippen molar-refractivity contribution in [2.75, 3.05) is 6.61 Å². The van der Waals surface area contributed by atoms with Crippen molar-refractivity contribution >= 4 is 5.97 Å². The van der Waals surface area contributed by atoms with Gasteiger partial charge in [-0.2, -0.15) is 5.10 Å². The molecule has 0 spiro atoms. The third-order valence-electron chi connectivity index (χ3n) is 1.28. The topological polar surface area (TPSA) is 64.3 Å². The quantitative estimate of drug-likeness (QED) is 0.766. The van der Waals surface area contributed by atoms with Gasteiger partial charge >= 0.3 is 5.97 Å². The molecule has 0 amide bonds. The maximum Gasteiger partial charge on any atom is 0.325 e. The Balaban J connectivity index is 2.46. The van der Waals surface area contributed by atoms with Crippen molar-refractivity contribution in [1.82, 2.24) is 9.78 Å².